The summed E-state index contributed by atoms with van der Waals surface area (Å²) in [6.07, 6.45) is 2.89. The highest BCUT2D eigenvalue weighted by Crippen LogP contribution is 2.13. The lowest BCUT2D eigenvalue weighted by molar-refractivity contribution is 0.0544. The Kier molecular flexibility index (Phi) is 2.78. The Labute approximate surface area is 103 Å². The molecule has 0 saturated heterocycles. The van der Waals surface area contributed by atoms with Gasteiger partial charge in [0.1, 0.15) is 11.2 Å². The molecule has 0 fully saturated rings. The van der Waals surface area contributed by atoms with E-state index < -0.39 is 11.7 Å². The zero-order valence-corrected chi connectivity index (χ0v) is 11.0. The van der Waals surface area contributed by atoms with E-state index >= 15 is 0 Å². The molecule has 4 nitrogen and oxygen atoms in total. The number of fused-ring (bicyclic) bond motifs is 1. The van der Waals surface area contributed by atoms with Crippen molar-refractivity contribution in [2.75, 3.05) is 0 Å². The molecule has 5 heteroatoms. The zero-order valence-electron chi connectivity index (χ0n) is 10.0. The standard InChI is InChI=1S/C12H13N2O2Si/c1-12(2,3)16-11(15)14-7-9(17)8-5-4-6-13-10(8)14/h4-7H,1-3H3. The normalized spacial score (nSPS) is 11.8. The molecule has 3 radical (unpaired) electrons. The van der Waals surface area contributed by atoms with Crippen molar-refractivity contribution in [2.24, 2.45) is 0 Å². The highest BCUT2D eigenvalue weighted by atomic mass is 28.1. The molecule has 2 heterocycles. The maximum Gasteiger partial charge on any atom is 0.420 e. The van der Waals surface area contributed by atoms with E-state index in [-0.39, 0.29) is 0 Å². The van der Waals surface area contributed by atoms with E-state index in [2.05, 4.69) is 15.2 Å². The first-order valence-electron chi connectivity index (χ1n) is 5.29. The molecule has 0 atom stereocenters. The fraction of sp³-hybridized carbons (Fsp3) is 0.333. The van der Waals surface area contributed by atoms with E-state index in [1.807, 2.05) is 32.9 Å². The zero-order chi connectivity index (χ0) is 12.6. The van der Waals surface area contributed by atoms with Gasteiger partial charge in [-0.1, -0.05) is 0 Å². The molecule has 17 heavy (non-hydrogen) atoms. The van der Waals surface area contributed by atoms with Crippen molar-refractivity contribution in [1.29, 1.82) is 0 Å². The molecule has 0 bridgehead atoms. The number of nitrogens with zero attached hydrogens (tertiary/aromatic N) is 2. The predicted octanol–water partition coefficient (Wildman–Crippen LogP) is 1.61. The van der Waals surface area contributed by atoms with Crippen LogP contribution in [0.15, 0.2) is 24.5 Å². The van der Waals surface area contributed by atoms with Crippen LogP contribution in [0.25, 0.3) is 11.0 Å². The molecule has 2 aromatic heterocycles. The van der Waals surface area contributed by atoms with Crippen LogP contribution in [0.2, 0.25) is 0 Å². The molecule has 0 aliphatic rings. The Morgan fingerprint density at radius 1 is 1.47 bits per heavy atom. The molecule has 0 aliphatic heterocycles. The van der Waals surface area contributed by atoms with Crippen LogP contribution in [0.4, 0.5) is 4.79 Å². The number of ether oxygens (including phenoxy) is 1. The van der Waals surface area contributed by atoms with Gasteiger partial charge in [-0.2, -0.15) is 0 Å². The van der Waals surface area contributed by atoms with Crippen LogP contribution < -0.4 is 5.19 Å². The molecule has 87 valence electrons. The summed E-state index contributed by atoms with van der Waals surface area (Å²) < 4.78 is 6.71. The highest BCUT2D eigenvalue weighted by Gasteiger charge is 2.20. The smallest absolute Gasteiger partial charge is 0.420 e. The second kappa shape index (κ2) is 3.99. The second-order valence-electron chi connectivity index (χ2n) is 4.77. The van der Waals surface area contributed by atoms with E-state index in [1.54, 1.807) is 12.4 Å². The van der Waals surface area contributed by atoms with Crippen LogP contribution in [0.1, 0.15) is 20.8 Å². The molecule has 2 rings (SSSR count). The summed E-state index contributed by atoms with van der Waals surface area (Å²) in [4.78, 5) is 16.2. The highest BCUT2D eigenvalue weighted by molar-refractivity contribution is 6.39. The molecule has 0 aromatic carbocycles. The predicted molar refractivity (Wildman–Crippen MR) is 66.8 cm³/mol. The van der Waals surface area contributed by atoms with Crippen molar-refractivity contribution in [1.82, 2.24) is 9.55 Å². The minimum atomic E-state index is -0.519. The Morgan fingerprint density at radius 3 is 2.82 bits per heavy atom. The van der Waals surface area contributed by atoms with Crippen molar-refractivity contribution in [3.8, 4) is 0 Å². The Hall–Kier alpha value is -1.62. The maximum absolute atomic E-state index is 12.0. The molecule has 2 aromatic rings. The molecule has 0 amide bonds. The quantitative estimate of drug-likeness (QED) is 0.662. The van der Waals surface area contributed by atoms with Crippen LogP contribution in [0, 0.1) is 0 Å². The lowest BCUT2D eigenvalue weighted by Gasteiger charge is -2.19. The maximum atomic E-state index is 12.0. The Morgan fingerprint density at radius 2 is 2.18 bits per heavy atom. The molecule has 0 saturated carbocycles. The number of aromatic nitrogens is 2. The van der Waals surface area contributed by atoms with Crippen LogP contribution in [-0.2, 0) is 4.74 Å². The molecular formula is C12H13N2O2Si. The Bertz CT molecular complexity index is 569. The number of pyridine rings is 1. The Balaban J connectivity index is 2.46. The first-order chi connectivity index (χ1) is 7.88. The van der Waals surface area contributed by atoms with E-state index in [9.17, 15) is 4.79 Å². The summed E-state index contributed by atoms with van der Waals surface area (Å²) in [5, 5.41) is 1.70. The average molecular weight is 245 g/mol. The van der Waals surface area contributed by atoms with E-state index in [4.69, 9.17) is 4.74 Å². The van der Waals surface area contributed by atoms with Gasteiger partial charge >= 0.3 is 6.09 Å². The number of hydrogen-bond acceptors (Lipinski definition) is 3. The van der Waals surface area contributed by atoms with Gasteiger partial charge in [-0.15, -0.1) is 0 Å². The van der Waals surface area contributed by atoms with Crippen molar-refractivity contribution >= 4 is 32.6 Å². The minimum absolute atomic E-state index is 0.425. The summed E-state index contributed by atoms with van der Waals surface area (Å²) in [6.45, 7) is 5.50. The fourth-order valence-electron chi connectivity index (χ4n) is 1.51. The van der Waals surface area contributed by atoms with Gasteiger partial charge in [0, 0.05) is 17.8 Å². The summed E-state index contributed by atoms with van der Waals surface area (Å²) in [7, 11) is 3.45. The summed E-state index contributed by atoms with van der Waals surface area (Å²) >= 11 is 0. The minimum Gasteiger partial charge on any atom is -0.443 e. The fourth-order valence-corrected chi connectivity index (χ4v) is 1.83. The topological polar surface area (TPSA) is 44.1 Å². The lowest BCUT2D eigenvalue weighted by Crippen LogP contribution is -2.27. The molecule has 0 aliphatic carbocycles. The first-order valence-corrected chi connectivity index (χ1v) is 5.79. The van der Waals surface area contributed by atoms with E-state index in [0.29, 0.717) is 5.65 Å². The third-order valence-electron chi connectivity index (χ3n) is 2.15. The lowest BCUT2D eigenvalue weighted by atomic mass is 10.2. The number of rotatable bonds is 0. The number of hydrogen-bond donors (Lipinski definition) is 0. The van der Waals surface area contributed by atoms with Gasteiger partial charge in [0.25, 0.3) is 0 Å². The van der Waals surface area contributed by atoms with Crippen molar-refractivity contribution in [2.45, 2.75) is 26.4 Å². The molecule has 0 spiro atoms. The third-order valence-corrected chi connectivity index (χ3v) is 2.55. The largest absolute Gasteiger partial charge is 0.443 e. The van der Waals surface area contributed by atoms with Gasteiger partial charge in [0.05, 0.1) is 10.2 Å². The summed E-state index contributed by atoms with van der Waals surface area (Å²) in [5.41, 5.74) is 0.0701. The van der Waals surface area contributed by atoms with Gasteiger partial charge in [0.15, 0.2) is 0 Å². The SMILES string of the molecule is CC(C)(C)OC(=O)n1cc([Si])c2cccnc21. The van der Waals surface area contributed by atoms with Crippen LogP contribution in [-0.4, -0.2) is 31.5 Å². The monoisotopic (exact) mass is 245 g/mol. The molecule has 0 N–H and O–H groups in total. The van der Waals surface area contributed by atoms with Crippen LogP contribution >= 0.6 is 0 Å². The van der Waals surface area contributed by atoms with Crippen LogP contribution in [0.3, 0.4) is 0 Å². The third kappa shape index (κ3) is 2.39. The number of carbonyl (C=O) groups excluding carboxylic acids is 1. The molecular weight excluding hydrogens is 232 g/mol. The van der Waals surface area contributed by atoms with Crippen molar-refractivity contribution in [3.05, 3.63) is 24.5 Å². The van der Waals surface area contributed by atoms with Crippen molar-refractivity contribution < 1.29 is 9.53 Å². The van der Waals surface area contributed by atoms with Gasteiger partial charge < -0.3 is 4.74 Å². The van der Waals surface area contributed by atoms with Gasteiger partial charge in [-0.25, -0.2) is 14.3 Å². The summed E-state index contributed by atoms with van der Waals surface area (Å²) in [5.74, 6) is 0. The van der Waals surface area contributed by atoms with E-state index in [0.717, 1.165) is 10.6 Å². The van der Waals surface area contributed by atoms with Gasteiger partial charge in [-0.3, -0.25) is 0 Å². The first kappa shape index (κ1) is 11.9. The second-order valence-corrected chi connectivity index (χ2v) is 5.31. The molecule has 0 unspecified atom stereocenters. The number of carbonyl (C=O) groups is 1. The van der Waals surface area contributed by atoms with Crippen molar-refractivity contribution in [3.63, 3.8) is 0 Å². The van der Waals surface area contributed by atoms with Gasteiger partial charge in [0.2, 0.25) is 0 Å². The van der Waals surface area contributed by atoms with E-state index in [1.165, 1.54) is 4.57 Å². The van der Waals surface area contributed by atoms with Gasteiger partial charge in [-0.05, 0) is 38.1 Å². The van der Waals surface area contributed by atoms with Crippen LogP contribution in [0.5, 0.6) is 0 Å². The summed E-state index contributed by atoms with van der Waals surface area (Å²) in [6, 6.07) is 3.72. The average Bonchev–Trinajstić information content (AvgIpc) is 2.55.